The third kappa shape index (κ3) is 4.20. The summed E-state index contributed by atoms with van der Waals surface area (Å²) in [6, 6.07) is 7.92. The van der Waals surface area contributed by atoms with Gasteiger partial charge in [0.15, 0.2) is 0 Å². The van der Waals surface area contributed by atoms with E-state index in [1.807, 2.05) is 29.2 Å². The minimum absolute atomic E-state index is 0.106. The van der Waals surface area contributed by atoms with E-state index in [0.717, 1.165) is 10.0 Å². The van der Waals surface area contributed by atoms with Crippen molar-refractivity contribution in [2.45, 2.75) is 24.7 Å². The van der Waals surface area contributed by atoms with Crippen molar-refractivity contribution in [3.05, 3.63) is 34.3 Å². The Bertz CT molecular complexity index is 583. The molecule has 0 aromatic heterocycles. The van der Waals surface area contributed by atoms with E-state index >= 15 is 0 Å². The SMILES string of the molecule is O=C(N1CCN(CC(F)F)CC1)C1(c2ccc(Br)cc2)CCOCC1. The number of piperazine rings is 1. The Kier molecular flexibility index (Phi) is 6.07. The van der Waals surface area contributed by atoms with Crippen molar-refractivity contribution < 1.29 is 18.3 Å². The highest BCUT2D eigenvalue weighted by atomic mass is 79.9. The molecule has 2 fully saturated rings. The largest absolute Gasteiger partial charge is 0.381 e. The van der Waals surface area contributed by atoms with Gasteiger partial charge in [-0.25, -0.2) is 8.78 Å². The van der Waals surface area contributed by atoms with Crippen molar-refractivity contribution in [1.29, 1.82) is 0 Å². The summed E-state index contributed by atoms with van der Waals surface area (Å²) in [4.78, 5) is 17.0. The van der Waals surface area contributed by atoms with E-state index < -0.39 is 11.8 Å². The first-order valence-electron chi connectivity index (χ1n) is 8.65. The first-order chi connectivity index (χ1) is 12.0. The Morgan fingerprint density at radius 2 is 1.72 bits per heavy atom. The highest BCUT2D eigenvalue weighted by Gasteiger charge is 2.44. The van der Waals surface area contributed by atoms with E-state index in [4.69, 9.17) is 4.74 Å². The fraction of sp³-hybridized carbons (Fsp3) is 0.611. The Morgan fingerprint density at radius 1 is 1.12 bits per heavy atom. The number of rotatable bonds is 4. The van der Waals surface area contributed by atoms with Gasteiger partial charge in [0.05, 0.1) is 12.0 Å². The molecular formula is C18H23BrF2N2O2. The van der Waals surface area contributed by atoms with E-state index in [1.165, 1.54) is 0 Å². The van der Waals surface area contributed by atoms with Gasteiger partial charge in [0.1, 0.15) is 0 Å². The van der Waals surface area contributed by atoms with Crippen molar-refractivity contribution in [1.82, 2.24) is 9.80 Å². The molecule has 7 heteroatoms. The molecular weight excluding hydrogens is 394 g/mol. The molecule has 1 amide bonds. The van der Waals surface area contributed by atoms with E-state index in [1.54, 1.807) is 4.90 Å². The average molecular weight is 417 g/mol. The van der Waals surface area contributed by atoms with Crippen LogP contribution in [0.15, 0.2) is 28.7 Å². The molecule has 0 spiro atoms. The predicted octanol–water partition coefficient (Wildman–Crippen LogP) is 2.91. The molecule has 0 unspecified atom stereocenters. The second-order valence-corrected chi connectivity index (χ2v) is 7.60. The van der Waals surface area contributed by atoms with Crippen molar-refractivity contribution in [2.75, 3.05) is 45.9 Å². The number of halogens is 3. The second-order valence-electron chi connectivity index (χ2n) is 6.69. The van der Waals surface area contributed by atoms with Gasteiger partial charge in [-0.1, -0.05) is 28.1 Å². The molecule has 0 N–H and O–H groups in total. The zero-order valence-corrected chi connectivity index (χ0v) is 15.7. The first kappa shape index (κ1) is 18.7. The second kappa shape index (κ2) is 8.10. The standard InChI is InChI=1S/C18H23BrF2N2O2/c19-15-3-1-14(2-4-15)18(5-11-25-12-6-18)17(24)23-9-7-22(8-10-23)13-16(20)21/h1-4,16H,5-13H2. The molecule has 25 heavy (non-hydrogen) atoms. The molecule has 138 valence electrons. The molecule has 0 radical (unpaired) electrons. The molecule has 0 atom stereocenters. The fourth-order valence-electron chi connectivity index (χ4n) is 3.75. The molecule has 2 aliphatic rings. The summed E-state index contributed by atoms with van der Waals surface area (Å²) in [5.74, 6) is 0.106. The minimum atomic E-state index is -2.33. The molecule has 0 bridgehead atoms. The molecule has 3 rings (SSSR count). The summed E-state index contributed by atoms with van der Waals surface area (Å²) in [6.45, 7) is 2.93. The lowest BCUT2D eigenvalue weighted by atomic mass is 9.73. The smallest absolute Gasteiger partial charge is 0.251 e. The highest BCUT2D eigenvalue weighted by molar-refractivity contribution is 9.10. The van der Waals surface area contributed by atoms with E-state index in [9.17, 15) is 13.6 Å². The maximum Gasteiger partial charge on any atom is 0.251 e. The maximum absolute atomic E-state index is 13.4. The molecule has 1 aromatic rings. The van der Waals surface area contributed by atoms with Crippen LogP contribution in [0, 0.1) is 0 Å². The lowest BCUT2D eigenvalue weighted by Crippen LogP contribution is -2.56. The molecule has 1 aromatic carbocycles. The molecule has 0 saturated carbocycles. The normalized spacial score (nSPS) is 21.5. The minimum Gasteiger partial charge on any atom is -0.381 e. The van der Waals surface area contributed by atoms with Gasteiger partial charge in [0.25, 0.3) is 6.43 Å². The zero-order chi connectivity index (χ0) is 17.9. The number of amides is 1. The van der Waals surface area contributed by atoms with Crippen LogP contribution in [0.5, 0.6) is 0 Å². The van der Waals surface area contributed by atoms with Crippen LogP contribution in [0.2, 0.25) is 0 Å². The van der Waals surface area contributed by atoms with Crippen molar-refractivity contribution in [3.8, 4) is 0 Å². The average Bonchev–Trinajstić information content (AvgIpc) is 2.62. The number of nitrogens with zero attached hydrogens (tertiary/aromatic N) is 2. The summed E-state index contributed by atoms with van der Waals surface area (Å²) < 4.78 is 31.6. The molecule has 2 saturated heterocycles. The van der Waals surface area contributed by atoms with Crippen LogP contribution in [0.4, 0.5) is 8.78 Å². The van der Waals surface area contributed by atoms with Gasteiger partial charge in [-0.3, -0.25) is 9.69 Å². The predicted molar refractivity (Wildman–Crippen MR) is 94.9 cm³/mol. The molecule has 4 nitrogen and oxygen atoms in total. The van der Waals surface area contributed by atoms with Crippen LogP contribution in [0.3, 0.4) is 0 Å². The van der Waals surface area contributed by atoms with Crippen LogP contribution in [0.1, 0.15) is 18.4 Å². The number of ether oxygens (including phenoxy) is 1. The lowest BCUT2D eigenvalue weighted by molar-refractivity contribution is -0.143. The Hall–Kier alpha value is -1.05. The quantitative estimate of drug-likeness (QED) is 0.756. The topological polar surface area (TPSA) is 32.8 Å². The summed E-state index contributed by atoms with van der Waals surface area (Å²) >= 11 is 3.44. The highest BCUT2D eigenvalue weighted by Crippen LogP contribution is 2.37. The summed E-state index contributed by atoms with van der Waals surface area (Å²) in [5.41, 5.74) is 0.447. The van der Waals surface area contributed by atoms with Crippen molar-refractivity contribution in [3.63, 3.8) is 0 Å². The number of hydrogen-bond acceptors (Lipinski definition) is 3. The van der Waals surface area contributed by atoms with Gasteiger partial charge in [0, 0.05) is 43.9 Å². The lowest BCUT2D eigenvalue weighted by Gasteiger charge is -2.43. The Balaban J connectivity index is 1.75. The van der Waals surface area contributed by atoms with Crippen LogP contribution >= 0.6 is 15.9 Å². The van der Waals surface area contributed by atoms with Crippen LogP contribution < -0.4 is 0 Å². The molecule has 0 aliphatic carbocycles. The van der Waals surface area contributed by atoms with Gasteiger partial charge in [-0.05, 0) is 30.5 Å². The number of hydrogen-bond donors (Lipinski definition) is 0. The maximum atomic E-state index is 13.4. The van der Waals surface area contributed by atoms with E-state index in [-0.39, 0.29) is 12.5 Å². The van der Waals surface area contributed by atoms with Crippen molar-refractivity contribution in [2.24, 2.45) is 0 Å². The van der Waals surface area contributed by atoms with Crippen LogP contribution in [-0.4, -0.2) is 68.1 Å². The van der Waals surface area contributed by atoms with Crippen molar-refractivity contribution >= 4 is 21.8 Å². The summed E-state index contributed by atoms with van der Waals surface area (Å²) in [7, 11) is 0. The van der Waals surface area contributed by atoms with Gasteiger partial charge < -0.3 is 9.64 Å². The van der Waals surface area contributed by atoms with Crippen LogP contribution in [0.25, 0.3) is 0 Å². The molecule has 2 heterocycles. The van der Waals surface area contributed by atoms with E-state index in [0.29, 0.717) is 52.2 Å². The number of carbonyl (C=O) groups excluding carboxylic acids is 1. The fourth-order valence-corrected chi connectivity index (χ4v) is 4.01. The number of carbonyl (C=O) groups is 1. The first-order valence-corrected chi connectivity index (χ1v) is 9.44. The Labute approximate surface area is 155 Å². The van der Waals surface area contributed by atoms with Crippen LogP contribution in [-0.2, 0) is 14.9 Å². The van der Waals surface area contributed by atoms with E-state index in [2.05, 4.69) is 15.9 Å². The monoisotopic (exact) mass is 416 g/mol. The van der Waals surface area contributed by atoms with Gasteiger partial charge in [0.2, 0.25) is 5.91 Å². The van der Waals surface area contributed by atoms with Gasteiger partial charge in [-0.15, -0.1) is 0 Å². The Morgan fingerprint density at radius 3 is 2.28 bits per heavy atom. The molecule has 2 aliphatic heterocycles. The van der Waals surface area contributed by atoms with Gasteiger partial charge >= 0.3 is 0 Å². The number of alkyl halides is 2. The summed E-state index contributed by atoms with van der Waals surface area (Å²) in [6.07, 6.45) is -1.01. The third-order valence-corrected chi connectivity index (χ3v) is 5.74. The summed E-state index contributed by atoms with van der Waals surface area (Å²) in [5, 5.41) is 0. The number of benzene rings is 1. The van der Waals surface area contributed by atoms with Gasteiger partial charge in [-0.2, -0.15) is 0 Å². The zero-order valence-electron chi connectivity index (χ0n) is 14.1. The third-order valence-electron chi connectivity index (χ3n) is 5.21.